The Hall–Kier alpha value is -2.56. The minimum Gasteiger partial charge on any atom is -0.480 e. The molecule has 2 saturated carbocycles. The van der Waals surface area contributed by atoms with Crippen molar-refractivity contribution in [2.24, 2.45) is 0 Å². The zero-order chi connectivity index (χ0) is 23.5. The minimum absolute atomic E-state index is 0.128. The number of carboxylic acid groups (broad SMARTS) is 1. The van der Waals surface area contributed by atoms with E-state index in [-0.39, 0.29) is 19.0 Å². The van der Waals surface area contributed by atoms with Gasteiger partial charge in [0.1, 0.15) is 11.9 Å². The predicted molar refractivity (Wildman–Crippen MR) is 113 cm³/mol. The van der Waals surface area contributed by atoms with Crippen LogP contribution >= 0.6 is 0 Å². The molecule has 11 heteroatoms. The van der Waals surface area contributed by atoms with Crippen molar-refractivity contribution in [2.45, 2.75) is 72.8 Å². The summed E-state index contributed by atoms with van der Waals surface area (Å²) in [5.74, 6) is -0.323. The Morgan fingerprint density at radius 3 is 2.39 bits per heavy atom. The number of aliphatic carboxylic acids is 1. The van der Waals surface area contributed by atoms with Crippen LogP contribution in [0.25, 0.3) is 0 Å². The van der Waals surface area contributed by atoms with Crippen LogP contribution in [0.4, 0.5) is 19.0 Å². The lowest BCUT2D eigenvalue weighted by Gasteiger charge is -2.31. The van der Waals surface area contributed by atoms with Gasteiger partial charge in [0.2, 0.25) is 0 Å². The van der Waals surface area contributed by atoms with Crippen LogP contribution in [-0.2, 0) is 20.8 Å². The summed E-state index contributed by atoms with van der Waals surface area (Å²) >= 11 is 0. The molecule has 0 spiro atoms. The number of benzene rings is 1. The number of hydrogen-bond acceptors (Lipinski definition) is 5. The molecule has 3 fully saturated rings. The Balaban J connectivity index is 1.52. The molecule has 0 radical (unpaired) electrons. The summed E-state index contributed by atoms with van der Waals surface area (Å²) in [5.41, 5.74) is -0.361. The molecular weight excluding hydrogens is 459 g/mol. The molecule has 1 aromatic heterocycles. The number of sulfone groups is 1. The van der Waals surface area contributed by atoms with Crippen molar-refractivity contribution in [2.75, 3.05) is 11.4 Å². The molecule has 1 aliphatic heterocycles. The molecule has 2 aromatic rings. The van der Waals surface area contributed by atoms with E-state index in [2.05, 4.69) is 0 Å². The van der Waals surface area contributed by atoms with Gasteiger partial charge in [0.25, 0.3) is 0 Å². The molecule has 0 bridgehead atoms. The lowest BCUT2D eigenvalue weighted by atomic mass is 9.93. The average Bonchev–Trinajstić information content (AvgIpc) is 3.31. The number of carbonyl (C=O) groups is 1. The second-order valence-electron chi connectivity index (χ2n) is 9.13. The first kappa shape index (κ1) is 22.2. The van der Waals surface area contributed by atoms with Gasteiger partial charge in [0.05, 0.1) is 27.4 Å². The molecule has 2 heterocycles. The normalized spacial score (nSPS) is 24.2. The van der Waals surface area contributed by atoms with Crippen molar-refractivity contribution in [3.63, 3.8) is 0 Å². The third-order valence-corrected chi connectivity index (χ3v) is 9.12. The van der Waals surface area contributed by atoms with Crippen LogP contribution in [0.1, 0.15) is 61.7 Å². The Morgan fingerprint density at radius 1 is 1.12 bits per heavy atom. The highest BCUT2D eigenvalue weighted by Crippen LogP contribution is 2.45. The molecule has 33 heavy (non-hydrogen) atoms. The number of rotatable bonds is 6. The summed E-state index contributed by atoms with van der Waals surface area (Å²) in [6, 6.07) is 4.87. The molecule has 7 nitrogen and oxygen atoms in total. The predicted octanol–water partition coefficient (Wildman–Crippen LogP) is 4.01. The number of halogens is 3. The second kappa shape index (κ2) is 7.75. The highest BCUT2D eigenvalue weighted by molar-refractivity contribution is 7.92. The lowest BCUT2D eigenvalue weighted by Crippen LogP contribution is -2.38. The van der Waals surface area contributed by atoms with Crippen molar-refractivity contribution >= 4 is 21.6 Å². The molecule has 2 unspecified atom stereocenters. The van der Waals surface area contributed by atoms with Crippen LogP contribution in [0.15, 0.2) is 35.2 Å². The van der Waals surface area contributed by atoms with Crippen LogP contribution in [0, 0.1) is 0 Å². The fourth-order valence-corrected chi connectivity index (χ4v) is 6.64. The summed E-state index contributed by atoms with van der Waals surface area (Å²) < 4.78 is 68.9. The van der Waals surface area contributed by atoms with E-state index >= 15 is 0 Å². The van der Waals surface area contributed by atoms with E-state index in [0.717, 1.165) is 56.0 Å². The summed E-state index contributed by atoms with van der Waals surface area (Å²) in [6.07, 6.45) is -0.259. The molecule has 2 atom stereocenters. The summed E-state index contributed by atoms with van der Waals surface area (Å²) in [6.45, 7) is -0.200. The van der Waals surface area contributed by atoms with E-state index in [9.17, 15) is 31.5 Å². The van der Waals surface area contributed by atoms with Crippen LogP contribution in [0.5, 0.6) is 0 Å². The molecule has 178 valence electrons. The average molecular weight is 484 g/mol. The highest BCUT2D eigenvalue weighted by atomic mass is 32.2. The molecule has 1 aromatic carbocycles. The number of alkyl halides is 3. The van der Waals surface area contributed by atoms with E-state index in [1.165, 1.54) is 11.0 Å². The first-order valence-corrected chi connectivity index (χ1v) is 12.6. The second-order valence-corrected chi connectivity index (χ2v) is 11.3. The molecule has 1 saturated heterocycles. The van der Waals surface area contributed by atoms with E-state index in [0.29, 0.717) is 11.7 Å². The lowest BCUT2D eigenvalue weighted by molar-refractivity contribution is -0.140. The zero-order valence-electron chi connectivity index (χ0n) is 17.7. The van der Waals surface area contributed by atoms with Gasteiger partial charge in [-0.1, -0.05) is 12.1 Å². The van der Waals surface area contributed by atoms with Gasteiger partial charge in [-0.25, -0.2) is 17.9 Å². The fourth-order valence-electron chi connectivity index (χ4n) is 4.73. The minimum atomic E-state index is -4.84. The Bertz CT molecular complexity index is 1190. The smallest absolute Gasteiger partial charge is 0.417 e. The number of anilines is 1. The van der Waals surface area contributed by atoms with Gasteiger partial charge in [-0.15, -0.1) is 0 Å². The quantitative estimate of drug-likeness (QED) is 0.668. The SMILES string of the molecule is O=C(O)C1CC(S(=O)(=O)c2ccccc2C(F)(F)F)CN1c1cc(C2CC2)nn1C1CCC1. The van der Waals surface area contributed by atoms with Crippen molar-refractivity contribution in [1.82, 2.24) is 9.78 Å². The van der Waals surface area contributed by atoms with Crippen molar-refractivity contribution in [1.29, 1.82) is 0 Å². The molecular formula is C22H24F3N3O4S. The topological polar surface area (TPSA) is 92.5 Å². The van der Waals surface area contributed by atoms with Crippen molar-refractivity contribution in [3.05, 3.63) is 41.6 Å². The van der Waals surface area contributed by atoms with Crippen molar-refractivity contribution < 1.29 is 31.5 Å². The number of carboxylic acids is 1. The number of hydrogen-bond donors (Lipinski definition) is 1. The molecule has 5 rings (SSSR count). The van der Waals surface area contributed by atoms with Gasteiger partial charge in [-0.3, -0.25) is 0 Å². The standard InChI is InChI=1S/C22H24F3N3O4S/c23-22(24,25)16-6-1-2-7-19(16)33(31,32)15-10-18(21(29)30)27(12-15)20-11-17(13-8-9-13)26-28(20)14-4-3-5-14/h1-2,6-7,11,13-15,18H,3-5,8-10,12H2,(H,29,30). The maximum atomic E-state index is 13.5. The number of aromatic nitrogens is 2. The number of nitrogens with zero attached hydrogens (tertiary/aromatic N) is 3. The summed E-state index contributed by atoms with van der Waals surface area (Å²) in [4.78, 5) is 12.8. The monoisotopic (exact) mass is 483 g/mol. The van der Waals surface area contributed by atoms with E-state index in [4.69, 9.17) is 5.10 Å². The van der Waals surface area contributed by atoms with Crippen LogP contribution in [0.2, 0.25) is 0 Å². The Kier molecular flexibility index (Phi) is 5.22. The van der Waals surface area contributed by atoms with Crippen LogP contribution in [-0.4, -0.2) is 47.1 Å². The zero-order valence-corrected chi connectivity index (χ0v) is 18.5. The first-order chi connectivity index (χ1) is 15.6. The maximum absolute atomic E-state index is 13.5. The van der Waals surface area contributed by atoms with E-state index in [1.54, 1.807) is 0 Å². The summed E-state index contributed by atoms with van der Waals surface area (Å²) in [5, 5.41) is 13.3. The van der Waals surface area contributed by atoms with E-state index in [1.807, 2.05) is 10.7 Å². The van der Waals surface area contributed by atoms with Crippen LogP contribution in [0.3, 0.4) is 0 Å². The van der Waals surface area contributed by atoms with Gasteiger partial charge >= 0.3 is 12.1 Å². The fraction of sp³-hybridized carbons (Fsp3) is 0.545. The highest BCUT2D eigenvalue weighted by Gasteiger charge is 2.48. The van der Waals surface area contributed by atoms with Gasteiger partial charge < -0.3 is 10.0 Å². The van der Waals surface area contributed by atoms with Crippen molar-refractivity contribution in [3.8, 4) is 0 Å². The first-order valence-electron chi connectivity index (χ1n) is 11.1. The summed E-state index contributed by atoms with van der Waals surface area (Å²) in [7, 11) is -4.44. The Labute approximate surface area is 189 Å². The van der Waals surface area contributed by atoms with Gasteiger partial charge in [-0.2, -0.15) is 18.3 Å². The maximum Gasteiger partial charge on any atom is 0.417 e. The largest absolute Gasteiger partial charge is 0.480 e. The molecule has 2 aliphatic carbocycles. The molecule has 0 amide bonds. The molecule has 3 aliphatic rings. The molecule has 1 N–H and O–H groups in total. The van der Waals surface area contributed by atoms with Gasteiger partial charge in [0.15, 0.2) is 9.84 Å². The van der Waals surface area contributed by atoms with E-state index < -0.39 is 43.7 Å². The Morgan fingerprint density at radius 2 is 1.82 bits per heavy atom. The van der Waals surface area contributed by atoms with Gasteiger partial charge in [-0.05, 0) is 50.7 Å². The third kappa shape index (κ3) is 3.89. The van der Waals surface area contributed by atoms with Gasteiger partial charge in [0, 0.05) is 18.5 Å². The third-order valence-electron chi connectivity index (χ3n) is 6.93. The van der Waals surface area contributed by atoms with Crippen LogP contribution < -0.4 is 4.90 Å².